The SMILES string of the molecule is COCCCOc1cc(CC(CC(N)C(O)CC(C(=O)Nc2cc(C)ccn2)C(C)C)C(C)C)ccc1OC. The molecule has 1 aromatic carbocycles. The van der Waals surface area contributed by atoms with Crippen molar-refractivity contribution in [3.63, 3.8) is 0 Å². The Hall–Kier alpha value is -2.68. The van der Waals surface area contributed by atoms with Crippen molar-refractivity contribution in [2.45, 2.75) is 72.4 Å². The molecule has 0 saturated heterocycles. The maximum absolute atomic E-state index is 13.1. The van der Waals surface area contributed by atoms with Crippen LogP contribution in [0.15, 0.2) is 36.5 Å². The predicted molar refractivity (Wildman–Crippen MR) is 156 cm³/mol. The van der Waals surface area contributed by atoms with Crippen molar-refractivity contribution in [1.82, 2.24) is 4.98 Å². The van der Waals surface area contributed by atoms with Gasteiger partial charge in [0.25, 0.3) is 0 Å². The van der Waals surface area contributed by atoms with Gasteiger partial charge in [-0.15, -0.1) is 0 Å². The summed E-state index contributed by atoms with van der Waals surface area (Å²) in [5.74, 6) is 2.04. The Labute approximate surface area is 234 Å². The summed E-state index contributed by atoms with van der Waals surface area (Å²) in [6.45, 7) is 11.5. The second-order valence-corrected chi connectivity index (χ2v) is 11.1. The van der Waals surface area contributed by atoms with Crippen molar-refractivity contribution in [3.05, 3.63) is 47.7 Å². The third-order valence-corrected chi connectivity index (χ3v) is 7.29. The van der Waals surface area contributed by atoms with Crippen LogP contribution in [0.5, 0.6) is 11.5 Å². The van der Waals surface area contributed by atoms with Gasteiger partial charge in [-0.1, -0.05) is 33.8 Å². The number of aliphatic hydroxyl groups excluding tert-OH is 1. The normalized spacial score (nSPS) is 14.6. The number of nitrogens with two attached hydrogens (primary N) is 1. The van der Waals surface area contributed by atoms with Gasteiger partial charge in [-0.05, 0) is 79.3 Å². The molecule has 0 radical (unpaired) electrons. The minimum atomic E-state index is -0.801. The third kappa shape index (κ3) is 10.8. The van der Waals surface area contributed by atoms with Gasteiger partial charge < -0.3 is 30.4 Å². The minimum Gasteiger partial charge on any atom is -0.493 e. The highest BCUT2D eigenvalue weighted by molar-refractivity contribution is 5.91. The zero-order valence-corrected chi connectivity index (χ0v) is 24.8. The number of anilines is 1. The maximum atomic E-state index is 13.1. The van der Waals surface area contributed by atoms with E-state index in [9.17, 15) is 9.90 Å². The highest BCUT2D eigenvalue weighted by Crippen LogP contribution is 2.32. The van der Waals surface area contributed by atoms with Gasteiger partial charge in [-0.2, -0.15) is 0 Å². The summed E-state index contributed by atoms with van der Waals surface area (Å²) in [7, 11) is 3.31. The summed E-state index contributed by atoms with van der Waals surface area (Å²) in [5, 5.41) is 14.0. The van der Waals surface area contributed by atoms with Crippen LogP contribution < -0.4 is 20.5 Å². The number of rotatable bonds is 17. The number of aromatic nitrogens is 1. The van der Waals surface area contributed by atoms with Crippen LogP contribution in [-0.4, -0.2) is 55.6 Å². The number of pyridine rings is 1. The van der Waals surface area contributed by atoms with Gasteiger partial charge in [0.05, 0.1) is 19.8 Å². The number of methoxy groups -OCH3 is 2. The first-order chi connectivity index (χ1) is 18.5. The Kier molecular flexibility index (Phi) is 13.7. The molecule has 8 nitrogen and oxygen atoms in total. The van der Waals surface area contributed by atoms with Crippen molar-refractivity contribution >= 4 is 11.7 Å². The highest BCUT2D eigenvalue weighted by atomic mass is 16.5. The number of ether oxygens (including phenoxy) is 3. The molecule has 0 aliphatic carbocycles. The molecular formula is C31H49N3O5. The average molecular weight is 544 g/mol. The molecule has 1 aromatic heterocycles. The standard InChI is InChI=1S/C31H49N3O5/c1-20(2)24(16-23-9-10-28(38-7)29(17-23)39-14-8-13-37-6)18-26(32)27(35)19-25(21(3)4)31(36)34-30-15-22(5)11-12-33-30/h9-12,15,17,20-21,24-27,35H,8,13-14,16,18-19,32H2,1-7H3,(H,33,34,36). The van der Waals surface area contributed by atoms with E-state index in [2.05, 4.69) is 30.2 Å². The quantitative estimate of drug-likeness (QED) is 0.240. The summed E-state index contributed by atoms with van der Waals surface area (Å²) in [6, 6.07) is 9.28. The highest BCUT2D eigenvalue weighted by Gasteiger charge is 2.30. The molecule has 1 heterocycles. The topological polar surface area (TPSA) is 116 Å². The lowest BCUT2D eigenvalue weighted by molar-refractivity contribution is -0.122. The lowest BCUT2D eigenvalue weighted by Crippen LogP contribution is -2.41. The number of hydrogen-bond acceptors (Lipinski definition) is 7. The fraction of sp³-hybridized carbons (Fsp3) is 0.613. The number of aliphatic hydroxyl groups is 1. The summed E-state index contributed by atoms with van der Waals surface area (Å²) < 4.78 is 16.5. The zero-order chi connectivity index (χ0) is 28.9. The number of carbonyl (C=O) groups excluding carboxylic acids is 1. The Bertz CT molecular complexity index is 1010. The molecule has 0 aliphatic heterocycles. The van der Waals surface area contributed by atoms with Crippen LogP contribution in [0.4, 0.5) is 5.82 Å². The van der Waals surface area contributed by atoms with E-state index in [-0.39, 0.29) is 23.7 Å². The fourth-order valence-electron chi connectivity index (χ4n) is 4.69. The molecule has 4 unspecified atom stereocenters. The molecule has 4 N–H and O–H groups in total. The van der Waals surface area contributed by atoms with Gasteiger partial charge in [-0.3, -0.25) is 4.79 Å². The molecule has 218 valence electrons. The summed E-state index contributed by atoms with van der Waals surface area (Å²) in [4.78, 5) is 17.3. The van der Waals surface area contributed by atoms with Gasteiger partial charge in [0, 0.05) is 38.3 Å². The third-order valence-electron chi connectivity index (χ3n) is 7.29. The smallest absolute Gasteiger partial charge is 0.228 e. The lowest BCUT2D eigenvalue weighted by Gasteiger charge is -2.30. The minimum absolute atomic E-state index is 0.0409. The van der Waals surface area contributed by atoms with E-state index in [1.54, 1.807) is 20.4 Å². The molecule has 8 heteroatoms. The summed E-state index contributed by atoms with van der Waals surface area (Å²) in [5.41, 5.74) is 8.70. The van der Waals surface area contributed by atoms with Crippen LogP contribution in [0.2, 0.25) is 0 Å². The Morgan fingerprint density at radius 3 is 2.38 bits per heavy atom. The fourth-order valence-corrected chi connectivity index (χ4v) is 4.69. The Morgan fingerprint density at radius 1 is 1.03 bits per heavy atom. The van der Waals surface area contributed by atoms with Crippen LogP contribution in [0.1, 0.15) is 58.1 Å². The molecule has 2 rings (SSSR count). The van der Waals surface area contributed by atoms with Crippen LogP contribution in [0, 0.1) is 30.6 Å². The molecular weight excluding hydrogens is 494 g/mol. The van der Waals surface area contributed by atoms with Gasteiger partial charge in [0.2, 0.25) is 5.91 Å². The molecule has 2 aromatic rings. The number of nitrogens with one attached hydrogen (secondary N) is 1. The van der Waals surface area contributed by atoms with Crippen LogP contribution in [-0.2, 0) is 16.0 Å². The van der Waals surface area contributed by atoms with Crippen molar-refractivity contribution in [2.75, 3.05) is 32.8 Å². The van der Waals surface area contributed by atoms with Gasteiger partial charge in [0.15, 0.2) is 11.5 Å². The molecule has 0 fully saturated rings. The second kappa shape index (κ2) is 16.4. The van der Waals surface area contributed by atoms with E-state index >= 15 is 0 Å². The van der Waals surface area contributed by atoms with E-state index in [1.807, 2.05) is 45.0 Å². The van der Waals surface area contributed by atoms with Crippen LogP contribution >= 0.6 is 0 Å². The first kappa shape index (κ1) is 32.5. The van der Waals surface area contributed by atoms with Crippen molar-refractivity contribution in [2.24, 2.45) is 29.4 Å². The maximum Gasteiger partial charge on any atom is 0.228 e. The zero-order valence-electron chi connectivity index (χ0n) is 24.8. The molecule has 0 saturated carbocycles. The first-order valence-corrected chi connectivity index (χ1v) is 14.0. The monoisotopic (exact) mass is 543 g/mol. The molecule has 39 heavy (non-hydrogen) atoms. The van der Waals surface area contributed by atoms with Gasteiger partial charge in [0.1, 0.15) is 5.82 Å². The van der Waals surface area contributed by atoms with Crippen LogP contribution in [0.3, 0.4) is 0 Å². The van der Waals surface area contributed by atoms with Gasteiger partial charge >= 0.3 is 0 Å². The number of amides is 1. The average Bonchev–Trinajstić information content (AvgIpc) is 2.88. The lowest BCUT2D eigenvalue weighted by atomic mass is 9.81. The summed E-state index contributed by atoms with van der Waals surface area (Å²) >= 11 is 0. The molecule has 1 amide bonds. The Morgan fingerprint density at radius 2 is 1.77 bits per heavy atom. The van der Waals surface area contributed by atoms with Crippen molar-refractivity contribution in [1.29, 1.82) is 0 Å². The first-order valence-electron chi connectivity index (χ1n) is 14.0. The predicted octanol–water partition coefficient (Wildman–Crippen LogP) is 5.01. The molecule has 4 atom stereocenters. The summed E-state index contributed by atoms with van der Waals surface area (Å²) in [6.07, 6.45) is 3.40. The largest absolute Gasteiger partial charge is 0.493 e. The number of benzene rings is 1. The molecule has 0 spiro atoms. The van der Waals surface area contributed by atoms with E-state index in [4.69, 9.17) is 19.9 Å². The molecule has 0 bridgehead atoms. The van der Waals surface area contributed by atoms with Crippen LogP contribution in [0.25, 0.3) is 0 Å². The van der Waals surface area contributed by atoms with Crippen molar-refractivity contribution in [3.8, 4) is 11.5 Å². The van der Waals surface area contributed by atoms with E-state index < -0.39 is 12.1 Å². The van der Waals surface area contributed by atoms with E-state index in [0.717, 1.165) is 24.0 Å². The Balaban J connectivity index is 2.04. The van der Waals surface area contributed by atoms with Gasteiger partial charge in [-0.25, -0.2) is 4.98 Å². The number of hydrogen-bond donors (Lipinski definition) is 3. The number of nitrogens with zero attached hydrogens (tertiary/aromatic N) is 1. The number of carbonyl (C=O) groups is 1. The van der Waals surface area contributed by atoms with E-state index in [0.29, 0.717) is 49.3 Å². The van der Waals surface area contributed by atoms with E-state index in [1.165, 1.54) is 0 Å². The second-order valence-electron chi connectivity index (χ2n) is 11.1. The number of aryl methyl sites for hydroxylation is 1. The van der Waals surface area contributed by atoms with Crippen molar-refractivity contribution < 1.29 is 24.1 Å². The molecule has 0 aliphatic rings.